The molecule has 2 heterocycles. The molecule has 0 spiro atoms. The van der Waals surface area contributed by atoms with E-state index in [9.17, 15) is 10.1 Å². The third kappa shape index (κ3) is 4.62. The molecule has 3 aromatic carbocycles. The van der Waals surface area contributed by atoms with Crippen LogP contribution in [0.2, 0.25) is 0 Å². The number of aliphatic imine (C=N–C) groups is 1. The van der Waals surface area contributed by atoms with Gasteiger partial charge in [-0.2, -0.15) is 5.26 Å². The first-order chi connectivity index (χ1) is 17.7. The Balaban J connectivity index is 1.51. The van der Waals surface area contributed by atoms with E-state index in [2.05, 4.69) is 10.3 Å². The molecule has 1 aromatic heterocycles. The Hall–Kier alpha value is -4.70. The van der Waals surface area contributed by atoms with Crippen LogP contribution in [0.3, 0.4) is 0 Å². The number of nitrogens with zero attached hydrogens (tertiary/aromatic N) is 5. The van der Waals surface area contributed by atoms with Crippen molar-refractivity contribution < 1.29 is 4.79 Å². The summed E-state index contributed by atoms with van der Waals surface area (Å²) in [5.74, 6) is 0.369. The number of fused-ring (bicyclic) bond motifs is 1. The zero-order chi connectivity index (χ0) is 24.9. The number of nitriles is 1. The number of carbonyl (C=O) groups excluding carboxylic acids is 1. The summed E-state index contributed by atoms with van der Waals surface area (Å²) in [5, 5.41) is 14.0. The standard InChI is InChI=1S/C29H26N6O/c1-21-9-5-8-14-25(21)33-29(32-20-30)34-17-18-35(26(19-34)23-11-3-2-4-12-23)28(36)27-24-13-7-6-10-22(24)15-16-31-27/h2-16,26H,17-19H2,1H3,(H,32,33). The predicted octanol–water partition coefficient (Wildman–Crippen LogP) is 4.80. The third-order valence-electron chi connectivity index (χ3n) is 6.51. The van der Waals surface area contributed by atoms with Gasteiger partial charge in [-0.05, 0) is 35.6 Å². The molecule has 1 aliphatic heterocycles. The summed E-state index contributed by atoms with van der Waals surface area (Å²) >= 11 is 0. The maximum atomic E-state index is 13.9. The monoisotopic (exact) mass is 474 g/mol. The Kier molecular flexibility index (Phi) is 6.59. The van der Waals surface area contributed by atoms with Gasteiger partial charge in [0.15, 0.2) is 6.19 Å². The quantitative estimate of drug-likeness (QED) is 0.200. The molecule has 1 saturated heterocycles. The van der Waals surface area contributed by atoms with Crippen molar-refractivity contribution in [1.82, 2.24) is 20.1 Å². The highest BCUT2D eigenvalue weighted by atomic mass is 16.2. The summed E-state index contributed by atoms with van der Waals surface area (Å²) in [5.41, 5.74) is 3.28. The number of hydrogen-bond donors (Lipinski definition) is 1. The number of aryl methyl sites for hydroxylation is 1. The number of carbonyl (C=O) groups is 1. The highest BCUT2D eigenvalue weighted by molar-refractivity contribution is 6.05. The molecular weight excluding hydrogens is 448 g/mol. The minimum atomic E-state index is -0.240. The summed E-state index contributed by atoms with van der Waals surface area (Å²) in [4.78, 5) is 27.0. The second kappa shape index (κ2) is 10.3. The van der Waals surface area contributed by atoms with E-state index in [-0.39, 0.29) is 11.9 Å². The van der Waals surface area contributed by atoms with E-state index in [0.717, 1.165) is 27.6 Å². The van der Waals surface area contributed by atoms with Gasteiger partial charge in [0, 0.05) is 31.2 Å². The second-order valence-corrected chi connectivity index (χ2v) is 8.71. The summed E-state index contributed by atoms with van der Waals surface area (Å²) in [6.45, 7) is 3.46. The average molecular weight is 475 g/mol. The van der Waals surface area contributed by atoms with E-state index in [1.54, 1.807) is 6.20 Å². The maximum Gasteiger partial charge on any atom is 0.273 e. The van der Waals surface area contributed by atoms with E-state index in [1.165, 1.54) is 0 Å². The van der Waals surface area contributed by atoms with Crippen LogP contribution in [0.5, 0.6) is 0 Å². The molecule has 0 saturated carbocycles. The molecule has 4 aromatic rings. The van der Waals surface area contributed by atoms with Gasteiger partial charge in [0.05, 0.1) is 11.7 Å². The number of aromatic nitrogens is 1. The number of guanidine groups is 1. The molecule has 0 bridgehead atoms. The number of rotatable bonds is 3. The van der Waals surface area contributed by atoms with Crippen LogP contribution in [0.25, 0.3) is 10.8 Å². The van der Waals surface area contributed by atoms with Crippen LogP contribution in [0, 0.1) is 18.4 Å². The van der Waals surface area contributed by atoms with Gasteiger partial charge in [-0.3, -0.25) is 15.1 Å². The first-order valence-electron chi connectivity index (χ1n) is 11.9. The lowest BCUT2D eigenvalue weighted by Crippen LogP contribution is -2.54. The Morgan fingerprint density at radius 2 is 1.75 bits per heavy atom. The number of hydrogen-bond acceptors (Lipinski definition) is 4. The maximum absolute atomic E-state index is 13.9. The smallest absolute Gasteiger partial charge is 0.273 e. The highest BCUT2D eigenvalue weighted by Crippen LogP contribution is 2.29. The number of para-hydroxylation sites is 1. The molecule has 36 heavy (non-hydrogen) atoms. The van der Waals surface area contributed by atoms with Gasteiger partial charge in [-0.1, -0.05) is 72.8 Å². The van der Waals surface area contributed by atoms with Gasteiger partial charge >= 0.3 is 0 Å². The Labute approximate surface area is 210 Å². The minimum Gasteiger partial charge on any atom is -0.338 e. The summed E-state index contributed by atoms with van der Waals surface area (Å²) in [6, 6.07) is 27.3. The number of amides is 1. The van der Waals surface area contributed by atoms with E-state index < -0.39 is 0 Å². The van der Waals surface area contributed by atoms with Crippen molar-refractivity contribution >= 4 is 28.3 Å². The lowest BCUT2D eigenvalue weighted by Gasteiger charge is -2.42. The zero-order valence-corrected chi connectivity index (χ0v) is 20.0. The SMILES string of the molecule is Cc1ccccc1N=C(NC#N)N1CCN(C(=O)c2nccc3ccccc23)C(c2ccccc2)C1. The van der Waals surface area contributed by atoms with Crippen LogP contribution < -0.4 is 5.32 Å². The van der Waals surface area contributed by atoms with E-state index in [1.807, 2.05) is 108 Å². The molecule has 178 valence electrons. The number of nitrogens with one attached hydrogen (secondary N) is 1. The molecule has 7 heteroatoms. The third-order valence-corrected chi connectivity index (χ3v) is 6.51. The molecule has 0 aliphatic carbocycles. The molecule has 1 atom stereocenters. The molecule has 7 nitrogen and oxygen atoms in total. The number of pyridine rings is 1. The van der Waals surface area contributed by atoms with Gasteiger partial charge in [0.1, 0.15) is 5.69 Å². The fourth-order valence-electron chi connectivity index (χ4n) is 4.64. The second-order valence-electron chi connectivity index (χ2n) is 8.71. The Bertz CT molecular complexity index is 1450. The Morgan fingerprint density at radius 3 is 2.56 bits per heavy atom. The van der Waals surface area contributed by atoms with Crippen molar-refractivity contribution in [1.29, 1.82) is 5.26 Å². The summed E-state index contributed by atoms with van der Waals surface area (Å²) < 4.78 is 0. The summed E-state index contributed by atoms with van der Waals surface area (Å²) in [7, 11) is 0. The normalized spacial score (nSPS) is 16.0. The van der Waals surface area contributed by atoms with Crippen LogP contribution in [-0.4, -0.2) is 46.3 Å². The molecule has 5 rings (SSSR count). The van der Waals surface area contributed by atoms with Crippen molar-refractivity contribution in [2.24, 2.45) is 4.99 Å². The van der Waals surface area contributed by atoms with Crippen molar-refractivity contribution in [2.75, 3.05) is 19.6 Å². The molecule has 1 unspecified atom stereocenters. The van der Waals surface area contributed by atoms with Crippen molar-refractivity contribution in [3.63, 3.8) is 0 Å². The lowest BCUT2D eigenvalue weighted by atomic mass is 10.0. The number of benzene rings is 3. The van der Waals surface area contributed by atoms with Crippen molar-refractivity contribution in [2.45, 2.75) is 13.0 Å². The van der Waals surface area contributed by atoms with E-state index in [0.29, 0.717) is 31.3 Å². The van der Waals surface area contributed by atoms with Crippen LogP contribution in [-0.2, 0) is 0 Å². The fraction of sp³-hybridized carbons (Fsp3) is 0.172. The first kappa shape index (κ1) is 23.1. The van der Waals surface area contributed by atoms with Crippen LogP contribution >= 0.6 is 0 Å². The van der Waals surface area contributed by atoms with Crippen molar-refractivity contribution in [3.05, 3.63) is 108 Å². The first-order valence-corrected chi connectivity index (χ1v) is 11.9. The zero-order valence-electron chi connectivity index (χ0n) is 20.0. The average Bonchev–Trinajstić information content (AvgIpc) is 2.93. The van der Waals surface area contributed by atoms with Gasteiger partial charge in [-0.25, -0.2) is 4.99 Å². The van der Waals surface area contributed by atoms with Crippen LogP contribution in [0.4, 0.5) is 5.69 Å². The van der Waals surface area contributed by atoms with Gasteiger partial charge in [0.25, 0.3) is 5.91 Å². The van der Waals surface area contributed by atoms with Crippen LogP contribution in [0.15, 0.2) is 96.1 Å². The largest absolute Gasteiger partial charge is 0.338 e. The number of piperazine rings is 1. The van der Waals surface area contributed by atoms with Crippen LogP contribution in [0.1, 0.15) is 27.7 Å². The summed E-state index contributed by atoms with van der Waals surface area (Å²) in [6.07, 6.45) is 3.71. The topological polar surface area (TPSA) is 84.6 Å². The van der Waals surface area contributed by atoms with E-state index in [4.69, 9.17) is 4.99 Å². The molecule has 0 radical (unpaired) electrons. The molecular formula is C29H26N6O. The lowest BCUT2D eigenvalue weighted by molar-refractivity contribution is 0.0544. The van der Waals surface area contributed by atoms with Gasteiger partial charge in [0.2, 0.25) is 5.96 Å². The molecule has 1 fully saturated rings. The Morgan fingerprint density at radius 1 is 1.00 bits per heavy atom. The molecule has 1 N–H and O–H groups in total. The minimum absolute atomic E-state index is 0.106. The highest BCUT2D eigenvalue weighted by Gasteiger charge is 2.34. The van der Waals surface area contributed by atoms with Gasteiger partial charge in [-0.15, -0.1) is 0 Å². The molecule has 1 aliphatic rings. The predicted molar refractivity (Wildman–Crippen MR) is 141 cm³/mol. The van der Waals surface area contributed by atoms with Crippen molar-refractivity contribution in [3.8, 4) is 6.19 Å². The van der Waals surface area contributed by atoms with Gasteiger partial charge < -0.3 is 9.80 Å². The van der Waals surface area contributed by atoms with E-state index >= 15 is 0 Å². The fourth-order valence-corrected chi connectivity index (χ4v) is 4.64. The molecule has 1 amide bonds.